The highest BCUT2D eigenvalue weighted by atomic mass is 32.2. The van der Waals surface area contributed by atoms with Gasteiger partial charge in [-0.1, -0.05) is 0 Å². The van der Waals surface area contributed by atoms with E-state index in [0.29, 0.717) is 12.6 Å². The molecule has 3 nitrogen and oxygen atoms in total. The molecule has 1 aromatic rings. The summed E-state index contributed by atoms with van der Waals surface area (Å²) in [5.74, 6) is 3.02. The second-order valence-corrected chi connectivity index (χ2v) is 5.08. The average molecular weight is 242 g/mol. The van der Waals surface area contributed by atoms with Gasteiger partial charge < -0.3 is 10.2 Å². The van der Waals surface area contributed by atoms with Crippen molar-refractivity contribution in [1.29, 1.82) is 0 Å². The van der Waals surface area contributed by atoms with Gasteiger partial charge in [-0.15, -0.1) is 0 Å². The number of nitrogens with two attached hydrogens (primary N) is 1. The monoisotopic (exact) mass is 242 g/mol. The van der Waals surface area contributed by atoms with E-state index in [4.69, 9.17) is 10.2 Å². The quantitative estimate of drug-likeness (QED) is 0.831. The van der Waals surface area contributed by atoms with Crippen LogP contribution in [0.15, 0.2) is 16.5 Å². The minimum absolute atomic E-state index is 0.177. The Morgan fingerprint density at radius 2 is 2.19 bits per heavy atom. The van der Waals surface area contributed by atoms with Gasteiger partial charge in [0.1, 0.15) is 11.5 Å². The number of likely N-dealkylation sites (N-methyl/N-ethyl adjacent to an activating group) is 1. The van der Waals surface area contributed by atoms with E-state index in [0.717, 1.165) is 17.3 Å². The summed E-state index contributed by atoms with van der Waals surface area (Å²) < 4.78 is 5.66. The number of nitrogens with zero attached hydrogens (tertiary/aromatic N) is 1. The summed E-state index contributed by atoms with van der Waals surface area (Å²) in [6.45, 7) is 4.76. The fourth-order valence-corrected chi connectivity index (χ4v) is 2.50. The van der Waals surface area contributed by atoms with Gasteiger partial charge in [-0.3, -0.25) is 4.90 Å². The molecule has 0 aliphatic heterocycles. The Kier molecular flexibility index (Phi) is 5.38. The van der Waals surface area contributed by atoms with E-state index in [2.05, 4.69) is 25.1 Å². The maximum absolute atomic E-state index is 5.84. The highest BCUT2D eigenvalue weighted by Crippen LogP contribution is 2.23. The molecular weight excluding hydrogens is 220 g/mol. The molecule has 0 spiro atoms. The van der Waals surface area contributed by atoms with Crippen molar-refractivity contribution in [3.8, 4) is 0 Å². The van der Waals surface area contributed by atoms with Crippen molar-refractivity contribution in [1.82, 2.24) is 4.90 Å². The fraction of sp³-hybridized carbons (Fsp3) is 0.667. The molecule has 0 aliphatic carbocycles. The van der Waals surface area contributed by atoms with Gasteiger partial charge in [0.2, 0.25) is 0 Å². The lowest BCUT2D eigenvalue weighted by Gasteiger charge is -2.30. The van der Waals surface area contributed by atoms with E-state index in [1.54, 1.807) is 0 Å². The highest BCUT2D eigenvalue weighted by Gasteiger charge is 2.22. The third kappa shape index (κ3) is 3.27. The van der Waals surface area contributed by atoms with Crippen LogP contribution < -0.4 is 5.73 Å². The predicted octanol–water partition coefficient (Wildman–Crippen LogP) is 2.27. The maximum atomic E-state index is 5.84. The Morgan fingerprint density at radius 1 is 1.50 bits per heavy atom. The van der Waals surface area contributed by atoms with Gasteiger partial charge in [0.05, 0.1) is 6.04 Å². The van der Waals surface area contributed by atoms with E-state index in [1.807, 2.05) is 30.8 Å². The summed E-state index contributed by atoms with van der Waals surface area (Å²) in [5.41, 5.74) is 5.84. The molecule has 4 heteroatoms. The van der Waals surface area contributed by atoms with E-state index in [-0.39, 0.29) is 6.04 Å². The number of furan rings is 1. The zero-order chi connectivity index (χ0) is 12.1. The van der Waals surface area contributed by atoms with Crippen LogP contribution in [-0.4, -0.2) is 36.5 Å². The number of thioether (sulfide) groups is 1. The van der Waals surface area contributed by atoms with Crippen molar-refractivity contribution in [3.05, 3.63) is 23.7 Å². The third-order valence-corrected chi connectivity index (χ3v) is 3.72. The van der Waals surface area contributed by atoms with Gasteiger partial charge in [0, 0.05) is 18.3 Å². The smallest absolute Gasteiger partial charge is 0.122 e. The van der Waals surface area contributed by atoms with Crippen LogP contribution in [0.3, 0.4) is 0 Å². The minimum Gasteiger partial charge on any atom is -0.465 e. The van der Waals surface area contributed by atoms with Crippen molar-refractivity contribution in [2.45, 2.75) is 25.9 Å². The predicted molar refractivity (Wildman–Crippen MR) is 70.8 cm³/mol. The molecule has 0 radical (unpaired) electrons. The van der Waals surface area contributed by atoms with Gasteiger partial charge in [-0.25, -0.2) is 0 Å². The van der Waals surface area contributed by atoms with Gasteiger partial charge in [0.25, 0.3) is 0 Å². The summed E-state index contributed by atoms with van der Waals surface area (Å²) >= 11 is 1.85. The van der Waals surface area contributed by atoms with Gasteiger partial charge >= 0.3 is 0 Å². The molecule has 0 fully saturated rings. The van der Waals surface area contributed by atoms with Crippen LogP contribution in [0, 0.1) is 6.92 Å². The molecule has 0 aliphatic rings. The summed E-state index contributed by atoms with van der Waals surface area (Å²) in [4.78, 5) is 2.29. The van der Waals surface area contributed by atoms with Crippen LogP contribution in [0.4, 0.5) is 0 Å². The topological polar surface area (TPSA) is 42.4 Å². The van der Waals surface area contributed by atoms with Crippen molar-refractivity contribution in [3.63, 3.8) is 0 Å². The molecule has 0 aromatic carbocycles. The van der Waals surface area contributed by atoms with Crippen LogP contribution in [0.2, 0.25) is 0 Å². The van der Waals surface area contributed by atoms with Crippen LogP contribution in [0.1, 0.15) is 24.5 Å². The normalized spacial score (nSPS) is 15.4. The molecule has 16 heavy (non-hydrogen) atoms. The van der Waals surface area contributed by atoms with E-state index in [1.165, 1.54) is 0 Å². The second-order valence-electron chi connectivity index (χ2n) is 4.17. The summed E-state index contributed by atoms with van der Waals surface area (Å²) in [5, 5.41) is 0. The minimum atomic E-state index is 0.177. The Morgan fingerprint density at radius 3 is 2.62 bits per heavy atom. The van der Waals surface area contributed by atoms with Crippen LogP contribution in [0.25, 0.3) is 0 Å². The Balaban J connectivity index is 2.73. The Labute approximate surface area is 102 Å². The molecule has 0 saturated carbocycles. The molecule has 1 heterocycles. The SMILES string of the molecule is CSCC(C)N(C)C(CN)c1ccc(C)o1. The largest absolute Gasteiger partial charge is 0.465 e. The van der Waals surface area contributed by atoms with E-state index < -0.39 is 0 Å². The molecule has 92 valence electrons. The van der Waals surface area contributed by atoms with Gasteiger partial charge in [-0.05, 0) is 39.3 Å². The molecule has 2 atom stereocenters. The van der Waals surface area contributed by atoms with Gasteiger partial charge in [0.15, 0.2) is 0 Å². The zero-order valence-corrected chi connectivity index (χ0v) is 11.4. The Hall–Kier alpha value is -0.450. The van der Waals surface area contributed by atoms with Crippen molar-refractivity contribution >= 4 is 11.8 Å². The first-order valence-electron chi connectivity index (χ1n) is 5.57. The first kappa shape index (κ1) is 13.6. The number of hydrogen-bond acceptors (Lipinski definition) is 4. The molecular formula is C12H22N2OS. The van der Waals surface area contributed by atoms with Crippen LogP contribution in [-0.2, 0) is 0 Å². The summed E-state index contributed by atoms with van der Waals surface area (Å²) in [6.07, 6.45) is 2.12. The third-order valence-electron chi connectivity index (χ3n) is 2.91. The van der Waals surface area contributed by atoms with Crippen molar-refractivity contribution in [2.24, 2.45) is 5.73 Å². The number of rotatable bonds is 6. The standard InChI is InChI=1S/C12H22N2OS/c1-9(8-16-4)14(3)11(7-13)12-6-5-10(2)15-12/h5-6,9,11H,7-8,13H2,1-4H3. The molecule has 0 saturated heterocycles. The van der Waals surface area contributed by atoms with Crippen molar-refractivity contribution in [2.75, 3.05) is 25.6 Å². The van der Waals surface area contributed by atoms with E-state index in [9.17, 15) is 0 Å². The van der Waals surface area contributed by atoms with Gasteiger partial charge in [-0.2, -0.15) is 11.8 Å². The number of hydrogen-bond donors (Lipinski definition) is 1. The lowest BCUT2D eigenvalue weighted by atomic mass is 10.1. The summed E-state index contributed by atoms with van der Waals surface area (Å²) in [6, 6.07) is 4.69. The van der Waals surface area contributed by atoms with Crippen LogP contribution >= 0.6 is 11.8 Å². The molecule has 2 N–H and O–H groups in total. The highest BCUT2D eigenvalue weighted by molar-refractivity contribution is 7.98. The lowest BCUT2D eigenvalue weighted by molar-refractivity contribution is 0.180. The lowest BCUT2D eigenvalue weighted by Crippen LogP contribution is -2.38. The van der Waals surface area contributed by atoms with E-state index >= 15 is 0 Å². The molecule has 1 rings (SSSR count). The molecule has 0 amide bonds. The molecule has 1 aromatic heterocycles. The first-order valence-corrected chi connectivity index (χ1v) is 6.96. The maximum Gasteiger partial charge on any atom is 0.122 e. The van der Waals surface area contributed by atoms with Crippen molar-refractivity contribution < 1.29 is 4.42 Å². The zero-order valence-electron chi connectivity index (χ0n) is 10.6. The van der Waals surface area contributed by atoms with Crippen LogP contribution in [0.5, 0.6) is 0 Å². The fourth-order valence-electron chi connectivity index (χ4n) is 1.78. The average Bonchev–Trinajstić information content (AvgIpc) is 2.66. The summed E-state index contributed by atoms with van der Waals surface area (Å²) in [7, 11) is 2.11. The number of aryl methyl sites for hydroxylation is 1. The first-order chi connectivity index (χ1) is 7.60. The Bertz CT molecular complexity index is 314. The molecule has 0 bridgehead atoms. The molecule has 2 unspecified atom stereocenters. The second kappa shape index (κ2) is 6.33.